The Morgan fingerprint density at radius 3 is 2.42 bits per heavy atom. The van der Waals surface area contributed by atoms with Gasteiger partial charge in [0.1, 0.15) is 5.60 Å². The maximum atomic E-state index is 12.6. The number of anilines is 2. The van der Waals surface area contributed by atoms with Crippen molar-refractivity contribution in [3.05, 3.63) is 58.7 Å². The highest BCUT2D eigenvalue weighted by atomic mass is 16.6. The fourth-order valence-corrected chi connectivity index (χ4v) is 2.85. The van der Waals surface area contributed by atoms with E-state index in [9.17, 15) is 14.4 Å². The van der Waals surface area contributed by atoms with Gasteiger partial charge in [-0.3, -0.25) is 14.9 Å². The van der Waals surface area contributed by atoms with Gasteiger partial charge in [0.05, 0.1) is 47.5 Å². The molecule has 166 valence electrons. The Bertz CT molecular complexity index is 1220. The van der Waals surface area contributed by atoms with Gasteiger partial charge in [-0.15, -0.1) is 6.42 Å². The second kappa shape index (κ2) is 10.6. The zero-order valence-electron chi connectivity index (χ0n) is 18.5. The number of terminal acetylenes is 1. The summed E-state index contributed by atoms with van der Waals surface area (Å²) in [6.07, 6.45) is 4.33. The van der Waals surface area contributed by atoms with Crippen LogP contribution in [0.15, 0.2) is 36.4 Å². The standard InChI is InChI=1S/C25H22N4O4/c1-5-18-11-16(9-10-26)13-20(28-24(32)33-25(2,3)4)23(18)29-22(31)14-21(30)19-8-6-7-17(12-19)15-27/h1,6-8,11-13H,9,14H2,2-4H3,(H,28,32)(H,29,31). The summed E-state index contributed by atoms with van der Waals surface area (Å²) in [6, 6.07) is 13.0. The Labute approximate surface area is 192 Å². The van der Waals surface area contributed by atoms with Crippen molar-refractivity contribution in [2.45, 2.75) is 39.2 Å². The maximum Gasteiger partial charge on any atom is 0.412 e. The molecule has 0 fully saturated rings. The van der Waals surface area contributed by atoms with Gasteiger partial charge in [0.25, 0.3) is 0 Å². The van der Waals surface area contributed by atoms with E-state index in [1.54, 1.807) is 32.9 Å². The number of Topliss-reactive ketones (excluding diaryl/α,β-unsaturated/α-hetero) is 1. The molecule has 0 aliphatic heterocycles. The number of hydrogen-bond donors (Lipinski definition) is 2. The molecule has 2 aromatic rings. The lowest BCUT2D eigenvalue weighted by molar-refractivity contribution is -0.115. The molecule has 2 amide bonds. The minimum atomic E-state index is -0.778. The molecule has 0 saturated carbocycles. The van der Waals surface area contributed by atoms with Crippen molar-refractivity contribution in [3.63, 3.8) is 0 Å². The van der Waals surface area contributed by atoms with E-state index in [2.05, 4.69) is 16.6 Å². The molecule has 0 radical (unpaired) electrons. The number of nitrogens with one attached hydrogen (secondary N) is 2. The third kappa shape index (κ3) is 7.24. The normalized spacial score (nSPS) is 10.2. The first-order valence-electron chi connectivity index (χ1n) is 9.90. The second-order valence-corrected chi connectivity index (χ2v) is 8.01. The van der Waals surface area contributed by atoms with Gasteiger partial charge in [-0.2, -0.15) is 10.5 Å². The Kier molecular flexibility index (Phi) is 7.93. The molecule has 0 aliphatic carbocycles. The third-order valence-corrected chi connectivity index (χ3v) is 4.17. The third-order valence-electron chi connectivity index (χ3n) is 4.17. The molecule has 0 atom stereocenters. The summed E-state index contributed by atoms with van der Waals surface area (Å²) >= 11 is 0. The molecule has 33 heavy (non-hydrogen) atoms. The lowest BCUT2D eigenvalue weighted by Gasteiger charge is -2.21. The van der Waals surface area contributed by atoms with Crippen LogP contribution in [0, 0.1) is 35.0 Å². The van der Waals surface area contributed by atoms with E-state index < -0.39 is 29.8 Å². The minimum absolute atomic E-state index is 0.0274. The molecule has 0 heterocycles. The van der Waals surface area contributed by atoms with Crippen LogP contribution in [-0.4, -0.2) is 23.4 Å². The van der Waals surface area contributed by atoms with Gasteiger partial charge >= 0.3 is 6.09 Å². The molecule has 0 spiro atoms. The van der Waals surface area contributed by atoms with E-state index in [0.29, 0.717) is 11.1 Å². The molecular formula is C25H22N4O4. The monoisotopic (exact) mass is 442 g/mol. The predicted molar refractivity (Wildman–Crippen MR) is 122 cm³/mol. The van der Waals surface area contributed by atoms with Gasteiger partial charge < -0.3 is 10.1 Å². The van der Waals surface area contributed by atoms with Crippen molar-refractivity contribution < 1.29 is 19.1 Å². The van der Waals surface area contributed by atoms with E-state index in [1.807, 2.05) is 12.1 Å². The summed E-state index contributed by atoms with van der Waals surface area (Å²) in [6.45, 7) is 5.09. The van der Waals surface area contributed by atoms with Crippen molar-refractivity contribution in [2.75, 3.05) is 10.6 Å². The Morgan fingerprint density at radius 1 is 1.09 bits per heavy atom. The van der Waals surface area contributed by atoms with Crippen LogP contribution in [0.5, 0.6) is 0 Å². The summed E-state index contributed by atoms with van der Waals surface area (Å²) in [5, 5.41) is 23.1. The largest absolute Gasteiger partial charge is 0.444 e. The van der Waals surface area contributed by atoms with Crippen molar-refractivity contribution >= 4 is 29.2 Å². The quantitative estimate of drug-likeness (QED) is 0.392. The number of amides is 2. The van der Waals surface area contributed by atoms with Crippen molar-refractivity contribution in [1.29, 1.82) is 10.5 Å². The molecular weight excluding hydrogens is 420 g/mol. The van der Waals surface area contributed by atoms with Gasteiger partial charge in [0.2, 0.25) is 5.91 Å². The van der Waals surface area contributed by atoms with Gasteiger partial charge in [-0.1, -0.05) is 18.1 Å². The predicted octanol–water partition coefficient (Wildman–Crippen LogP) is 4.16. The first kappa shape index (κ1) is 24.7. The first-order chi connectivity index (χ1) is 15.6. The summed E-state index contributed by atoms with van der Waals surface area (Å²) in [5.74, 6) is 1.27. The molecule has 0 aliphatic rings. The molecule has 0 bridgehead atoms. The van der Waals surface area contributed by atoms with Crippen molar-refractivity contribution in [1.82, 2.24) is 0 Å². The van der Waals surface area contributed by atoms with Crippen LogP contribution >= 0.6 is 0 Å². The van der Waals surface area contributed by atoms with Crippen LogP contribution < -0.4 is 10.6 Å². The maximum absolute atomic E-state index is 12.6. The van der Waals surface area contributed by atoms with Gasteiger partial charge in [-0.05, 0) is 50.6 Å². The fraction of sp³-hybridized carbons (Fsp3) is 0.240. The summed E-state index contributed by atoms with van der Waals surface area (Å²) < 4.78 is 5.26. The smallest absolute Gasteiger partial charge is 0.412 e. The van der Waals surface area contributed by atoms with Gasteiger partial charge in [0, 0.05) is 5.56 Å². The van der Waals surface area contributed by atoms with Crippen LogP contribution in [-0.2, 0) is 16.0 Å². The average molecular weight is 442 g/mol. The number of rotatable bonds is 6. The van der Waals surface area contributed by atoms with Crippen molar-refractivity contribution in [2.24, 2.45) is 0 Å². The summed E-state index contributed by atoms with van der Waals surface area (Å²) in [5.41, 5.74) is 0.744. The number of hydrogen-bond acceptors (Lipinski definition) is 6. The number of carbonyl (C=O) groups excluding carboxylic acids is 3. The molecule has 2 rings (SSSR count). The van der Waals surface area contributed by atoms with Gasteiger partial charge in [-0.25, -0.2) is 4.79 Å². The number of nitrogens with zero attached hydrogens (tertiary/aromatic N) is 2. The van der Waals surface area contributed by atoms with Gasteiger partial charge in [0.15, 0.2) is 5.78 Å². The topological polar surface area (TPSA) is 132 Å². The number of ether oxygens (including phenoxy) is 1. The molecule has 0 saturated heterocycles. The van der Waals surface area contributed by atoms with Crippen LogP contribution in [0.4, 0.5) is 16.2 Å². The van der Waals surface area contributed by atoms with E-state index in [0.717, 1.165) is 0 Å². The van der Waals surface area contributed by atoms with E-state index in [4.69, 9.17) is 21.7 Å². The van der Waals surface area contributed by atoms with E-state index in [-0.39, 0.29) is 28.9 Å². The second-order valence-electron chi connectivity index (χ2n) is 8.01. The highest BCUT2D eigenvalue weighted by Gasteiger charge is 2.21. The minimum Gasteiger partial charge on any atom is -0.444 e. The van der Waals surface area contributed by atoms with Crippen molar-refractivity contribution in [3.8, 4) is 24.5 Å². The fourth-order valence-electron chi connectivity index (χ4n) is 2.85. The molecule has 0 aromatic heterocycles. The number of carbonyl (C=O) groups is 3. The summed E-state index contributed by atoms with van der Waals surface area (Å²) in [7, 11) is 0. The zero-order valence-corrected chi connectivity index (χ0v) is 18.5. The molecule has 0 unspecified atom stereocenters. The average Bonchev–Trinajstić information content (AvgIpc) is 2.74. The van der Waals surface area contributed by atoms with E-state index >= 15 is 0 Å². The highest BCUT2D eigenvalue weighted by Crippen LogP contribution is 2.29. The van der Waals surface area contributed by atoms with Crippen LogP contribution in [0.1, 0.15) is 54.2 Å². The molecule has 2 N–H and O–H groups in total. The van der Waals surface area contributed by atoms with Crippen LogP contribution in [0.25, 0.3) is 0 Å². The van der Waals surface area contributed by atoms with E-state index in [1.165, 1.54) is 24.3 Å². The zero-order chi connectivity index (χ0) is 24.6. The Morgan fingerprint density at radius 2 is 1.82 bits per heavy atom. The lowest BCUT2D eigenvalue weighted by atomic mass is 10.0. The summed E-state index contributed by atoms with van der Waals surface area (Å²) in [4.78, 5) is 37.4. The first-order valence-corrected chi connectivity index (χ1v) is 9.90. The number of ketones is 1. The Balaban J connectivity index is 2.32. The lowest BCUT2D eigenvalue weighted by Crippen LogP contribution is -2.28. The Hall–Kier alpha value is -4.61. The number of nitriles is 2. The SMILES string of the molecule is C#Cc1cc(CC#N)cc(NC(=O)OC(C)(C)C)c1NC(=O)CC(=O)c1cccc(C#N)c1. The molecule has 2 aromatic carbocycles. The van der Waals surface area contributed by atoms with Crippen LogP contribution in [0.2, 0.25) is 0 Å². The number of benzene rings is 2. The molecule has 8 nitrogen and oxygen atoms in total. The van der Waals surface area contributed by atoms with Crippen LogP contribution in [0.3, 0.4) is 0 Å². The molecule has 8 heteroatoms. The highest BCUT2D eigenvalue weighted by molar-refractivity contribution is 6.12.